The van der Waals surface area contributed by atoms with E-state index in [0.717, 1.165) is 13.0 Å². The summed E-state index contributed by atoms with van der Waals surface area (Å²) >= 11 is 0. The molecule has 1 heterocycles. The monoisotopic (exact) mass is 173 g/mol. The predicted octanol–water partition coefficient (Wildman–Crippen LogP) is -0.200. The van der Waals surface area contributed by atoms with E-state index in [1.165, 1.54) is 0 Å². The van der Waals surface area contributed by atoms with Crippen LogP contribution in [0.1, 0.15) is 13.3 Å². The van der Waals surface area contributed by atoms with Gasteiger partial charge >= 0.3 is 0 Å². The first-order valence-corrected chi connectivity index (χ1v) is 3.98. The van der Waals surface area contributed by atoms with E-state index in [9.17, 15) is 0 Å². The van der Waals surface area contributed by atoms with Crippen LogP contribution in [0.5, 0.6) is 0 Å². The molecule has 0 aromatic carbocycles. The molecule has 5 heteroatoms. The van der Waals surface area contributed by atoms with E-state index in [4.69, 9.17) is 15.7 Å². The molecule has 0 radical (unpaired) electrons. The van der Waals surface area contributed by atoms with Crippen LogP contribution in [0.25, 0.3) is 0 Å². The van der Waals surface area contributed by atoms with Crippen molar-refractivity contribution >= 4 is 5.96 Å². The summed E-state index contributed by atoms with van der Waals surface area (Å²) in [5, 5.41) is 11.4. The van der Waals surface area contributed by atoms with Gasteiger partial charge in [-0.2, -0.15) is 0 Å². The Morgan fingerprint density at radius 2 is 2.42 bits per heavy atom. The smallest absolute Gasteiger partial charge is 0.233 e. The molecule has 0 aliphatic carbocycles. The van der Waals surface area contributed by atoms with Crippen molar-refractivity contribution in [3.05, 3.63) is 0 Å². The van der Waals surface area contributed by atoms with Gasteiger partial charge in [0.05, 0.1) is 12.1 Å². The molecule has 1 rings (SSSR count). The topological polar surface area (TPSA) is 71.1 Å². The third-order valence-electron chi connectivity index (χ3n) is 2.30. The van der Waals surface area contributed by atoms with Gasteiger partial charge in [-0.05, 0) is 13.3 Å². The van der Waals surface area contributed by atoms with E-state index in [1.54, 1.807) is 11.9 Å². The van der Waals surface area contributed by atoms with Gasteiger partial charge in [-0.25, -0.2) is 0 Å². The first-order valence-electron chi connectivity index (χ1n) is 3.98. The summed E-state index contributed by atoms with van der Waals surface area (Å²) in [6.07, 6.45) is 1.07. The second-order valence-electron chi connectivity index (χ2n) is 3.00. The fraction of sp³-hybridized carbons (Fsp3) is 0.857. The van der Waals surface area contributed by atoms with Crippen LogP contribution >= 0.6 is 0 Å². The lowest BCUT2D eigenvalue weighted by Gasteiger charge is -2.26. The molecule has 3 N–H and O–H groups in total. The average Bonchev–Trinajstić information content (AvgIpc) is 2.48. The maximum Gasteiger partial charge on any atom is 0.233 e. The number of likely N-dealkylation sites (N-methyl/N-ethyl adjacent to an activating group) is 1. The highest BCUT2D eigenvalue weighted by molar-refractivity contribution is 5.77. The second-order valence-corrected chi connectivity index (χ2v) is 3.00. The zero-order valence-electron chi connectivity index (χ0n) is 7.40. The summed E-state index contributed by atoms with van der Waals surface area (Å²) < 4.78 is 5.35. The van der Waals surface area contributed by atoms with Crippen LogP contribution in [0.4, 0.5) is 0 Å². The van der Waals surface area contributed by atoms with Crippen LogP contribution in [0.3, 0.4) is 0 Å². The Kier molecular flexibility index (Phi) is 2.75. The molecule has 12 heavy (non-hydrogen) atoms. The zero-order chi connectivity index (χ0) is 9.14. The van der Waals surface area contributed by atoms with Crippen molar-refractivity contribution in [1.82, 2.24) is 4.90 Å². The third-order valence-corrected chi connectivity index (χ3v) is 2.30. The van der Waals surface area contributed by atoms with Crippen molar-refractivity contribution in [2.75, 3.05) is 13.7 Å². The Morgan fingerprint density at radius 3 is 2.83 bits per heavy atom. The number of ether oxygens (including phenoxy) is 1. The largest absolute Gasteiger partial charge is 0.408 e. The summed E-state index contributed by atoms with van der Waals surface area (Å²) in [7, 11) is 1.80. The van der Waals surface area contributed by atoms with E-state index < -0.39 is 0 Å². The van der Waals surface area contributed by atoms with Crippen LogP contribution in [0.2, 0.25) is 0 Å². The molecule has 1 aliphatic rings. The first kappa shape index (κ1) is 9.12. The normalized spacial score (nSPS) is 30.7. The molecule has 0 aromatic rings. The van der Waals surface area contributed by atoms with Crippen molar-refractivity contribution in [2.24, 2.45) is 10.9 Å². The maximum absolute atomic E-state index is 8.43. The van der Waals surface area contributed by atoms with Crippen molar-refractivity contribution in [3.63, 3.8) is 0 Å². The van der Waals surface area contributed by atoms with Gasteiger partial charge in [0.1, 0.15) is 0 Å². The Morgan fingerprint density at radius 1 is 1.75 bits per heavy atom. The van der Waals surface area contributed by atoms with E-state index in [2.05, 4.69) is 5.16 Å². The van der Waals surface area contributed by atoms with Crippen molar-refractivity contribution in [1.29, 1.82) is 0 Å². The van der Waals surface area contributed by atoms with Crippen molar-refractivity contribution in [2.45, 2.75) is 25.5 Å². The SMILES string of the molecule is CC1OCCC1N(C)C(N)=NO. The number of oxime groups is 1. The quantitative estimate of drug-likeness (QED) is 0.249. The van der Waals surface area contributed by atoms with Crippen LogP contribution in [-0.2, 0) is 4.74 Å². The highest BCUT2D eigenvalue weighted by Crippen LogP contribution is 2.17. The molecule has 70 valence electrons. The van der Waals surface area contributed by atoms with Gasteiger partial charge in [-0.15, -0.1) is 0 Å². The molecule has 0 saturated carbocycles. The molecule has 0 amide bonds. The molecule has 5 nitrogen and oxygen atoms in total. The highest BCUT2D eigenvalue weighted by atomic mass is 16.5. The lowest BCUT2D eigenvalue weighted by molar-refractivity contribution is 0.0988. The molecular formula is C7H15N3O2. The van der Waals surface area contributed by atoms with Crippen LogP contribution in [-0.4, -0.2) is 41.9 Å². The Bertz CT molecular complexity index is 183. The van der Waals surface area contributed by atoms with Gasteiger partial charge in [-0.3, -0.25) is 0 Å². The van der Waals surface area contributed by atoms with Crippen molar-refractivity contribution < 1.29 is 9.94 Å². The third kappa shape index (κ3) is 1.61. The molecule has 1 fully saturated rings. The van der Waals surface area contributed by atoms with Gasteiger partial charge in [0.25, 0.3) is 0 Å². The number of guanidine groups is 1. The summed E-state index contributed by atoms with van der Waals surface area (Å²) in [4.78, 5) is 1.73. The van der Waals surface area contributed by atoms with Gasteiger partial charge in [-0.1, -0.05) is 5.16 Å². The van der Waals surface area contributed by atoms with Crippen LogP contribution < -0.4 is 5.73 Å². The number of rotatable bonds is 1. The number of nitrogens with zero attached hydrogens (tertiary/aromatic N) is 2. The molecule has 0 aromatic heterocycles. The molecule has 2 unspecified atom stereocenters. The summed E-state index contributed by atoms with van der Waals surface area (Å²) in [5.74, 6) is 0.136. The van der Waals surface area contributed by atoms with E-state index >= 15 is 0 Å². The summed E-state index contributed by atoms with van der Waals surface area (Å²) in [5.41, 5.74) is 5.43. The minimum atomic E-state index is 0.136. The molecule has 2 atom stereocenters. The summed E-state index contributed by atoms with van der Waals surface area (Å²) in [6.45, 7) is 2.73. The lowest BCUT2D eigenvalue weighted by Crippen LogP contribution is -2.44. The van der Waals surface area contributed by atoms with Crippen molar-refractivity contribution in [3.8, 4) is 0 Å². The van der Waals surface area contributed by atoms with Gasteiger partial charge in [0, 0.05) is 13.7 Å². The molecule has 0 spiro atoms. The summed E-state index contributed by atoms with van der Waals surface area (Å²) in [6, 6.07) is 0.223. The predicted molar refractivity (Wildman–Crippen MR) is 45.0 cm³/mol. The minimum absolute atomic E-state index is 0.136. The van der Waals surface area contributed by atoms with E-state index in [1.807, 2.05) is 6.92 Å². The zero-order valence-corrected chi connectivity index (χ0v) is 7.40. The highest BCUT2D eigenvalue weighted by Gasteiger charge is 2.28. The van der Waals surface area contributed by atoms with Gasteiger partial charge in [0.15, 0.2) is 0 Å². The Balaban J connectivity index is 2.57. The molecule has 1 aliphatic heterocycles. The fourth-order valence-corrected chi connectivity index (χ4v) is 1.47. The Labute approximate surface area is 71.8 Å². The van der Waals surface area contributed by atoms with E-state index in [-0.39, 0.29) is 18.1 Å². The first-order chi connectivity index (χ1) is 5.66. The van der Waals surface area contributed by atoms with Gasteiger partial charge in [0.2, 0.25) is 5.96 Å². The average molecular weight is 173 g/mol. The van der Waals surface area contributed by atoms with Crippen LogP contribution in [0, 0.1) is 0 Å². The molecule has 1 saturated heterocycles. The minimum Gasteiger partial charge on any atom is -0.408 e. The molecule has 0 bridgehead atoms. The lowest BCUT2D eigenvalue weighted by atomic mass is 10.1. The standard InChI is InChI=1S/C7H15N3O2/c1-5-6(3-4-12-5)10(2)7(8)9-11/h5-6,11H,3-4H2,1-2H3,(H2,8,9). The van der Waals surface area contributed by atoms with Crippen LogP contribution in [0.15, 0.2) is 5.16 Å². The van der Waals surface area contributed by atoms with E-state index in [0.29, 0.717) is 0 Å². The number of hydrogen-bond acceptors (Lipinski definition) is 3. The second kappa shape index (κ2) is 3.62. The molecular weight excluding hydrogens is 158 g/mol. The number of hydrogen-bond donors (Lipinski definition) is 2. The maximum atomic E-state index is 8.43. The number of nitrogens with two attached hydrogens (primary N) is 1. The fourth-order valence-electron chi connectivity index (χ4n) is 1.47. The van der Waals surface area contributed by atoms with Gasteiger partial charge < -0.3 is 20.6 Å². The Hall–Kier alpha value is -0.970.